The summed E-state index contributed by atoms with van der Waals surface area (Å²) in [4.78, 5) is 8.42. The summed E-state index contributed by atoms with van der Waals surface area (Å²) in [6, 6.07) is 9.79. The van der Waals surface area contributed by atoms with Crippen LogP contribution in [0.1, 0.15) is 36.8 Å². The Morgan fingerprint density at radius 1 is 1.21 bits per heavy atom. The summed E-state index contributed by atoms with van der Waals surface area (Å²) >= 11 is 5.89. The third-order valence-corrected chi connectivity index (χ3v) is 2.96. The van der Waals surface area contributed by atoms with Gasteiger partial charge in [0.05, 0.1) is 0 Å². The second-order valence-corrected chi connectivity index (χ2v) is 5.15. The summed E-state index contributed by atoms with van der Waals surface area (Å²) in [5.41, 5.74) is 2.09. The van der Waals surface area contributed by atoms with Crippen molar-refractivity contribution in [2.45, 2.75) is 33.3 Å². The van der Waals surface area contributed by atoms with Gasteiger partial charge in [-0.05, 0) is 36.6 Å². The molecule has 2 aromatic rings. The first-order chi connectivity index (χ1) is 9.04. The maximum atomic E-state index is 5.89. The molecule has 100 valence electrons. The quantitative estimate of drug-likeness (QED) is 0.787. The van der Waals surface area contributed by atoms with Gasteiger partial charge in [-0.15, -0.1) is 0 Å². The monoisotopic (exact) mass is 276 g/mol. The van der Waals surface area contributed by atoms with Gasteiger partial charge in [-0.2, -0.15) is 0 Å². The van der Waals surface area contributed by atoms with Crippen molar-refractivity contribution in [2.75, 3.05) is 0 Å². The zero-order valence-corrected chi connectivity index (χ0v) is 12.1. The molecule has 0 aliphatic rings. The summed E-state index contributed by atoms with van der Waals surface area (Å²) in [5.74, 6) is 1.90. The number of hydrogen-bond acceptors (Lipinski definition) is 3. The fourth-order valence-corrected chi connectivity index (χ4v) is 2.02. The van der Waals surface area contributed by atoms with E-state index in [2.05, 4.69) is 29.9 Å². The first kappa shape index (κ1) is 13.8. The number of aryl methyl sites for hydroxylation is 1. The van der Waals surface area contributed by atoms with E-state index in [9.17, 15) is 0 Å². The lowest BCUT2D eigenvalue weighted by molar-refractivity contribution is 0.295. The Hall–Kier alpha value is -1.61. The number of aromatic nitrogens is 2. The SMILES string of the molecule is Cc1cc(Cl)nc(COc2cccc(C(C)C)c2)n1. The van der Waals surface area contributed by atoms with Gasteiger partial charge in [0.1, 0.15) is 17.5 Å². The van der Waals surface area contributed by atoms with Crippen molar-refractivity contribution < 1.29 is 4.74 Å². The molecule has 2 rings (SSSR count). The van der Waals surface area contributed by atoms with Crippen LogP contribution in [-0.4, -0.2) is 9.97 Å². The standard InChI is InChI=1S/C15H17ClN2O/c1-10(2)12-5-4-6-13(8-12)19-9-15-17-11(3)7-14(16)18-15/h4-8,10H,9H2,1-3H3. The van der Waals surface area contributed by atoms with Crippen LogP contribution in [0.15, 0.2) is 30.3 Å². The minimum atomic E-state index is 0.322. The van der Waals surface area contributed by atoms with Crippen LogP contribution in [0.3, 0.4) is 0 Å². The molecule has 0 saturated carbocycles. The van der Waals surface area contributed by atoms with Crippen molar-refractivity contribution in [1.82, 2.24) is 9.97 Å². The van der Waals surface area contributed by atoms with E-state index in [1.54, 1.807) is 6.07 Å². The van der Waals surface area contributed by atoms with Gasteiger partial charge in [0.2, 0.25) is 0 Å². The molecule has 0 N–H and O–H groups in total. The Morgan fingerprint density at radius 2 is 2.00 bits per heavy atom. The van der Waals surface area contributed by atoms with E-state index in [0.29, 0.717) is 23.5 Å². The lowest BCUT2D eigenvalue weighted by Gasteiger charge is -2.09. The van der Waals surface area contributed by atoms with Crippen molar-refractivity contribution in [3.63, 3.8) is 0 Å². The molecule has 19 heavy (non-hydrogen) atoms. The zero-order valence-electron chi connectivity index (χ0n) is 11.4. The van der Waals surface area contributed by atoms with Crippen LogP contribution >= 0.6 is 11.6 Å². The van der Waals surface area contributed by atoms with Gasteiger partial charge in [0.15, 0.2) is 5.82 Å². The van der Waals surface area contributed by atoms with Crippen molar-refractivity contribution >= 4 is 11.6 Å². The van der Waals surface area contributed by atoms with E-state index in [1.807, 2.05) is 25.1 Å². The summed E-state index contributed by atoms with van der Waals surface area (Å²) in [6.07, 6.45) is 0. The smallest absolute Gasteiger partial charge is 0.167 e. The first-order valence-corrected chi connectivity index (χ1v) is 6.65. The summed E-state index contributed by atoms with van der Waals surface area (Å²) < 4.78 is 5.71. The van der Waals surface area contributed by atoms with E-state index in [1.165, 1.54) is 5.56 Å². The van der Waals surface area contributed by atoms with E-state index < -0.39 is 0 Å². The van der Waals surface area contributed by atoms with Crippen molar-refractivity contribution in [2.24, 2.45) is 0 Å². The molecule has 0 fully saturated rings. The molecule has 0 unspecified atom stereocenters. The van der Waals surface area contributed by atoms with Gasteiger partial charge in [0, 0.05) is 5.69 Å². The molecule has 0 aliphatic carbocycles. The van der Waals surface area contributed by atoms with E-state index in [-0.39, 0.29) is 0 Å². The molecule has 1 aromatic carbocycles. The molecule has 0 atom stereocenters. The van der Waals surface area contributed by atoms with Crippen LogP contribution < -0.4 is 4.74 Å². The summed E-state index contributed by atoms with van der Waals surface area (Å²) in [5, 5.41) is 0.446. The van der Waals surface area contributed by atoms with E-state index >= 15 is 0 Å². The number of ether oxygens (including phenoxy) is 1. The Balaban J connectivity index is 2.07. The number of benzene rings is 1. The topological polar surface area (TPSA) is 35.0 Å². The first-order valence-electron chi connectivity index (χ1n) is 6.27. The highest BCUT2D eigenvalue weighted by Crippen LogP contribution is 2.20. The molecular weight excluding hydrogens is 260 g/mol. The van der Waals surface area contributed by atoms with Crippen molar-refractivity contribution in [3.8, 4) is 5.75 Å². The minimum Gasteiger partial charge on any atom is -0.486 e. The predicted octanol–water partition coefficient (Wildman–Crippen LogP) is 4.14. The second-order valence-electron chi connectivity index (χ2n) is 4.76. The molecular formula is C15H17ClN2O. The number of nitrogens with zero attached hydrogens (tertiary/aromatic N) is 2. The van der Waals surface area contributed by atoms with E-state index in [4.69, 9.17) is 16.3 Å². The van der Waals surface area contributed by atoms with Crippen LogP contribution in [0.4, 0.5) is 0 Å². The summed E-state index contributed by atoms with van der Waals surface area (Å²) in [7, 11) is 0. The number of hydrogen-bond donors (Lipinski definition) is 0. The average molecular weight is 277 g/mol. The van der Waals surface area contributed by atoms with Crippen LogP contribution in [0.5, 0.6) is 5.75 Å². The van der Waals surface area contributed by atoms with E-state index in [0.717, 1.165) is 11.4 Å². The van der Waals surface area contributed by atoms with Crippen LogP contribution in [-0.2, 0) is 6.61 Å². The molecule has 0 bridgehead atoms. The third-order valence-electron chi connectivity index (χ3n) is 2.76. The van der Waals surface area contributed by atoms with Gasteiger partial charge >= 0.3 is 0 Å². The highest BCUT2D eigenvalue weighted by molar-refractivity contribution is 6.29. The lowest BCUT2D eigenvalue weighted by atomic mass is 10.0. The number of rotatable bonds is 4. The molecule has 0 amide bonds. The fourth-order valence-electron chi connectivity index (χ4n) is 1.76. The molecule has 3 nitrogen and oxygen atoms in total. The van der Waals surface area contributed by atoms with Gasteiger partial charge < -0.3 is 4.74 Å². The van der Waals surface area contributed by atoms with Gasteiger partial charge in [-0.25, -0.2) is 9.97 Å². The molecule has 4 heteroatoms. The van der Waals surface area contributed by atoms with Gasteiger partial charge in [0.25, 0.3) is 0 Å². The minimum absolute atomic E-state index is 0.322. The molecule has 0 spiro atoms. The molecule has 0 aliphatic heterocycles. The van der Waals surface area contributed by atoms with Gasteiger partial charge in [-0.1, -0.05) is 37.6 Å². The third kappa shape index (κ3) is 3.93. The molecule has 0 saturated heterocycles. The average Bonchev–Trinajstić information content (AvgIpc) is 2.35. The maximum absolute atomic E-state index is 5.89. The van der Waals surface area contributed by atoms with Crippen LogP contribution in [0.2, 0.25) is 5.15 Å². The van der Waals surface area contributed by atoms with Crippen LogP contribution in [0, 0.1) is 6.92 Å². The fraction of sp³-hybridized carbons (Fsp3) is 0.333. The zero-order chi connectivity index (χ0) is 13.8. The normalized spacial score (nSPS) is 10.8. The highest BCUT2D eigenvalue weighted by atomic mass is 35.5. The Labute approximate surface area is 118 Å². The van der Waals surface area contributed by atoms with Crippen molar-refractivity contribution in [3.05, 3.63) is 52.6 Å². The highest BCUT2D eigenvalue weighted by Gasteiger charge is 2.04. The Kier molecular flexibility index (Phi) is 4.38. The molecule has 0 radical (unpaired) electrons. The van der Waals surface area contributed by atoms with Gasteiger partial charge in [-0.3, -0.25) is 0 Å². The maximum Gasteiger partial charge on any atom is 0.167 e. The largest absolute Gasteiger partial charge is 0.486 e. The number of halogens is 1. The summed E-state index contributed by atoms with van der Waals surface area (Å²) in [6.45, 7) is 6.52. The Morgan fingerprint density at radius 3 is 2.68 bits per heavy atom. The molecule has 1 heterocycles. The van der Waals surface area contributed by atoms with Crippen LogP contribution in [0.25, 0.3) is 0 Å². The van der Waals surface area contributed by atoms with Crippen molar-refractivity contribution in [1.29, 1.82) is 0 Å². The lowest BCUT2D eigenvalue weighted by Crippen LogP contribution is -2.03. The predicted molar refractivity (Wildman–Crippen MR) is 76.6 cm³/mol. The Bertz CT molecular complexity index is 550. The second kappa shape index (κ2) is 6.02. The molecule has 1 aromatic heterocycles.